The van der Waals surface area contributed by atoms with Gasteiger partial charge in [0.1, 0.15) is 17.1 Å². The first-order valence-electron chi connectivity index (χ1n) is 11.5. The van der Waals surface area contributed by atoms with Crippen molar-refractivity contribution in [1.82, 2.24) is 4.90 Å². The molecule has 0 radical (unpaired) electrons. The van der Waals surface area contributed by atoms with Crippen LogP contribution in [0, 0.1) is 0 Å². The van der Waals surface area contributed by atoms with Crippen molar-refractivity contribution in [2.24, 2.45) is 5.16 Å². The highest BCUT2D eigenvalue weighted by Gasteiger charge is 2.24. The zero-order valence-corrected chi connectivity index (χ0v) is 19.0. The van der Waals surface area contributed by atoms with E-state index in [0.717, 1.165) is 44.7 Å². The molecule has 2 aliphatic heterocycles. The van der Waals surface area contributed by atoms with Crippen LogP contribution in [0.2, 0.25) is 0 Å². The Hall–Kier alpha value is -3.29. The number of phenols is 2. The number of rotatable bonds is 3. The SMILES string of the molecule is CC1CCCCN1C(=O)CO/N=C1/C=C/CC/C=C/CCOC(=O)c2c(O)cc(O)cc2C1. The number of nitrogens with zero attached hydrogens (tertiary/aromatic N) is 2. The molecule has 2 N–H and O–H groups in total. The number of piperidine rings is 1. The van der Waals surface area contributed by atoms with Gasteiger partial charge < -0.3 is 24.7 Å². The minimum Gasteiger partial charge on any atom is -0.508 e. The summed E-state index contributed by atoms with van der Waals surface area (Å²) in [5.41, 5.74) is 0.788. The summed E-state index contributed by atoms with van der Waals surface area (Å²) in [6.07, 6.45) is 13.0. The normalized spacial score (nSPS) is 23.2. The first-order chi connectivity index (χ1) is 16.0. The van der Waals surface area contributed by atoms with Gasteiger partial charge in [-0.3, -0.25) is 4.79 Å². The Labute approximate surface area is 194 Å². The number of carbonyl (C=O) groups excluding carboxylic acids is 2. The number of likely N-dealkylation sites (tertiary alicyclic amines) is 1. The smallest absolute Gasteiger partial charge is 0.342 e. The minimum absolute atomic E-state index is 0.0202. The van der Waals surface area contributed by atoms with E-state index in [1.54, 1.807) is 6.08 Å². The van der Waals surface area contributed by atoms with Crippen LogP contribution >= 0.6 is 0 Å². The average Bonchev–Trinajstić information content (AvgIpc) is 2.77. The second-order valence-corrected chi connectivity index (χ2v) is 8.34. The Balaban J connectivity index is 1.81. The molecular weight excluding hydrogens is 424 g/mol. The van der Waals surface area contributed by atoms with Gasteiger partial charge in [-0.25, -0.2) is 4.79 Å². The summed E-state index contributed by atoms with van der Waals surface area (Å²) in [4.78, 5) is 32.4. The molecule has 3 rings (SSSR count). The van der Waals surface area contributed by atoms with Gasteiger partial charge in [-0.15, -0.1) is 0 Å². The molecule has 0 aromatic heterocycles. The number of phenolic OH excluding ortho intramolecular Hbond substituents is 2. The number of fused-ring (bicyclic) bond motifs is 1. The molecule has 1 saturated heterocycles. The van der Waals surface area contributed by atoms with Crippen LogP contribution in [0.25, 0.3) is 0 Å². The molecule has 2 heterocycles. The quantitative estimate of drug-likeness (QED) is 0.406. The van der Waals surface area contributed by atoms with Crippen LogP contribution in [0.5, 0.6) is 11.5 Å². The van der Waals surface area contributed by atoms with Gasteiger partial charge in [0.05, 0.1) is 12.3 Å². The van der Waals surface area contributed by atoms with Crippen molar-refractivity contribution in [2.45, 2.75) is 57.9 Å². The van der Waals surface area contributed by atoms with E-state index in [2.05, 4.69) is 5.16 Å². The molecule has 1 aromatic carbocycles. The summed E-state index contributed by atoms with van der Waals surface area (Å²) < 4.78 is 5.29. The summed E-state index contributed by atoms with van der Waals surface area (Å²) in [5.74, 6) is -1.33. The molecule has 0 saturated carbocycles. The third kappa shape index (κ3) is 7.10. The standard InChI is InChI=1S/C25H32N2O6/c1-18-10-7-8-12-27(18)23(30)17-33-26-20-11-6-4-2-3-5-9-13-32-25(31)24-19(14-20)15-21(28)16-22(24)29/h3,5-6,11,15-16,18,28-29H,2,4,7-10,12-14,17H2,1H3/b5-3+,11-6+,26-20-. The monoisotopic (exact) mass is 456 g/mol. The van der Waals surface area contributed by atoms with Gasteiger partial charge in [0, 0.05) is 25.1 Å². The summed E-state index contributed by atoms with van der Waals surface area (Å²) in [7, 11) is 0. The van der Waals surface area contributed by atoms with Gasteiger partial charge in [0.15, 0.2) is 6.61 Å². The lowest BCUT2D eigenvalue weighted by molar-refractivity contribution is -0.139. The first-order valence-corrected chi connectivity index (χ1v) is 11.5. The number of benzene rings is 1. The molecule has 1 atom stereocenters. The lowest BCUT2D eigenvalue weighted by Crippen LogP contribution is -2.43. The van der Waals surface area contributed by atoms with Gasteiger partial charge in [0.25, 0.3) is 5.91 Å². The van der Waals surface area contributed by atoms with Crippen LogP contribution in [0.3, 0.4) is 0 Å². The number of allylic oxidation sites excluding steroid dienone is 3. The predicted molar refractivity (Wildman–Crippen MR) is 124 cm³/mol. The van der Waals surface area contributed by atoms with Crippen LogP contribution in [0.15, 0.2) is 41.6 Å². The number of hydrogen-bond donors (Lipinski definition) is 2. The Morgan fingerprint density at radius 1 is 1.18 bits per heavy atom. The van der Waals surface area contributed by atoms with Crippen molar-refractivity contribution in [3.8, 4) is 11.5 Å². The molecule has 0 spiro atoms. The molecule has 1 aromatic rings. The molecule has 1 amide bonds. The largest absolute Gasteiger partial charge is 0.508 e. The molecule has 1 unspecified atom stereocenters. The average molecular weight is 457 g/mol. The van der Waals surface area contributed by atoms with E-state index >= 15 is 0 Å². The highest BCUT2D eigenvalue weighted by molar-refractivity contribution is 6.00. The maximum absolute atomic E-state index is 12.6. The zero-order chi connectivity index (χ0) is 23.6. The van der Waals surface area contributed by atoms with Gasteiger partial charge >= 0.3 is 5.97 Å². The number of oxime groups is 1. The fraction of sp³-hybridized carbons (Fsp3) is 0.480. The van der Waals surface area contributed by atoms with E-state index in [-0.39, 0.29) is 48.6 Å². The van der Waals surface area contributed by atoms with E-state index in [1.165, 1.54) is 6.07 Å². The molecule has 8 heteroatoms. The van der Waals surface area contributed by atoms with Crippen molar-refractivity contribution < 1.29 is 29.4 Å². The number of ether oxygens (including phenoxy) is 1. The van der Waals surface area contributed by atoms with Crippen molar-refractivity contribution in [1.29, 1.82) is 0 Å². The number of carbonyl (C=O) groups is 2. The fourth-order valence-corrected chi connectivity index (χ4v) is 4.02. The van der Waals surface area contributed by atoms with Gasteiger partial charge in [-0.1, -0.05) is 23.4 Å². The summed E-state index contributed by atoms with van der Waals surface area (Å²) in [6.45, 7) is 2.77. The van der Waals surface area contributed by atoms with Gasteiger partial charge in [-0.2, -0.15) is 0 Å². The zero-order valence-electron chi connectivity index (χ0n) is 19.0. The lowest BCUT2D eigenvalue weighted by atomic mass is 10.00. The molecule has 1 fully saturated rings. The fourth-order valence-electron chi connectivity index (χ4n) is 4.02. The topological polar surface area (TPSA) is 109 Å². The number of amides is 1. The van der Waals surface area contributed by atoms with E-state index in [9.17, 15) is 19.8 Å². The van der Waals surface area contributed by atoms with Crippen LogP contribution in [0.4, 0.5) is 0 Å². The van der Waals surface area contributed by atoms with Crippen molar-refractivity contribution in [2.75, 3.05) is 19.8 Å². The molecule has 2 aliphatic rings. The van der Waals surface area contributed by atoms with Gasteiger partial charge in [-0.05, 0) is 63.2 Å². The maximum Gasteiger partial charge on any atom is 0.342 e. The Kier molecular flexibility index (Phi) is 8.92. The van der Waals surface area contributed by atoms with E-state index in [4.69, 9.17) is 9.57 Å². The number of esters is 1. The number of cyclic esters (lactones) is 1. The molecule has 33 heavy (non-hydrogen) atoms. The molecule has 8 nitrogen and oxygen atoms in total. The highest BCUT2D eigenvalue weighted by Crippen LogP contribution is 2.29. The minimum atomic E-state index is -0.675. The molecule has 0 aliphatic carbocycles. The van der Waals surface area contributed by atoms with E-state index in [0.29, 0.717) is 17.7 Å². The van der Waals surface area contributed by atoms with E-state index in [1.807, 2.05) is 30.1 Å². The second-order valence-electron chi connectivity index (χ2n) is 8.34. The summed E-state index contributed by atoms with van der Waals surface area (Å²) in [6, 6.07) is 2.69. The first kappa shape index (κ1) is 24.4. The number of aromatic hydroxyl groups is 2. The molecular formula is C25H32N2O6. The number of hydrogen-bond acceptors (Lipinski definition) is 7. The van der Waals surface area contributed by atoms with Crippen molar-refractivity contribution >= 4 is 17.6 Å². The van der Waals surface area contributed by atoms with Crippen molar-refractivity contribution in [3.63, 3.8) is 0 Å². The molecule has 178 valence electrons. The van der Waals surface area contributed by atoms with Gasteiger partial charge in [0.2, 0.25) is 0 Å². The third-order valence-corrected chi connectivity index (χ3v) is 5.75. The van der Waals surface area contributed by atoms with Crippen LogP contribution in [-0.4, -0.2) is 58.5 Å². The maximum atomic E-state index is 12.6. The van der Waals surface area contributed by atoms with Crippen LogP contribution < -0.4 is 0 Å². The summed E-state index contributed by atoms with van der Waals surface area (Å²) >= 11 is 0. The molecule has 0 bridgehead atoms. The predicted octanol–water partition coefficient (Wildman–Crippen LogP) is 3.87. The Bertz CT molecular complexity index is 937. The Morgan fingerprint density at radius 3 is 2.79 bits per heavy atom. The van der Waals surface area contributed by atoms with Crippen LogP contribution in [-0.2, 0) is 20.8 Å². The highest BCUT2D eigenvalue weighted by atomic mass is 16.6. The third-order valence-electron chi connectivity index (χ3n) is 5.75. The van der Waals surface area contributed by atoms with E-state index < -0.39 is 5.97 Å². The second kappa shape index (κ2) is 12.1. The van der Waals surface area contributed by atoms with Crippen LogP contribution in [0.1, 0.15) is 61.4 Å². The Morgan fingerprint density at radius 2 is 1.97 bits per heavy atom. The summed E-state index contributed by atoms with van der Waals surface area (Å²) in [5, 5.41) is 24.4. The van der Waals surface area contributed by atoms with Crippen molar-refractivity contribution in [3.05, 3.63) is 47.6 Å². The lowest BCUT2D eigenvalue weighted by Gasteiger charge is -2.32.